The Labute approximate surface area is 554 Å². The topological polar surface area (TPSA) is 241 Å². The maximum Gasteiger partial charge on any atom is 0.316 e. The highest BCUT2D eigenvalue weighted by Crippen LogP contribution is 2.38. The van der Waals surface area contributed by atoms with Gasteiger partial charge in [0.05, 0.1) is 60.0 Å². The number of carbonyl (C=O) groups excluding carboxylic acids is 5. The first-order valence-electron chi connectivity index (χ1n) is 29.3. The van der Waals surface area contributed by atoms with E-state index in [1.807, 2.05) is 121 Å². The van der Waals surface area contributed by atoms with Gasteiger partial charge in [-0.15, -0.1) is 0 Å². The van der Waals surface area contributed by atoms with E-state index in [0.29, 0.717) is 63.3 Å². The number of nitrogens with one attached hydrogen (secondary N) is 1. The number of amides is 3. The lowest BCUT2D eigenvalue weighted by Crippen LogP contribution is -2.42. The number of fused-ring (bicyclic) bond motifs is 1. The van der Waals surface area contributed by atoms with Crippen LogP contribution in [-0.2, 0) is 46.9 Å². The fourth-order valence-corrected chi connectivity index (χ4v) is 10.3. The van der Waals surface area contributed by atoms with Crippen molar-refractivity contribution in [3.63, 3.8) is 0 Å². The van der Waals surface area contributed by atoms with Crippen molar-refractivity contribution < 1.29 is 43.3 Å². The molecule has 22 heteroatoms. The summed E-state index contributed by atoms with van der Waals surface area (Å²) in [4.78, 5) is 79.6. The van der Waals surface area contributed by atoms with Gasteiger partial charge in [-0.2, -0.15) is 15.3 Å². The Morgan fingerprint density at radius 1 is 0.591 bits per heavy atom. The predicted molar refractivity (Wildman–Crippen MR) is 358 cm³/mol. The number of rotatable bonds is 11. The largest absolute Gasteiger partial charge is 0.506 e. The number of ether oxygens (including phenoxy) is 3. The summed E-state index contributed by atoms with van der Waals surface area (Å²) >= 11 is 6.84. The number of nitrogens with zero attached hydrogens (tertiary/aromatic N) is 10. The number of aromatic hydroxyl groups is 1. The van der Waals surface area contributed by atoms with Crippen LogP contribution in [0.2, 0.25) is 0 Å². The van der Waals surface area contributed by atoms with E-state index in [-0.39, 0.29) is 30.6 Å². The minimum absolute atomic E-state index is 0.0426. The molecular weight excluding hydrogens is 1310 g/mol. The van der Waals surface area contributed by atoms with Crippen LogP contribution in [0.5, 0.6) is 23.0 Å². The van der Waals surface area contributed by atoms with Gasteiger partial charge in [0.1, 0.15) is 34.0 Å². The number of aryl methyl sites for hydroxylation is 3. The van der Waals surface area contributed by atoms with Crippen molar-refractivity contribution in [2.24, 2.45) is 37.4 Å². The lowest BCUT2D eigenvalue weighted by molar-refractivity contribution is -0.143. The molecule has 0 spiro atoms. The average molecular weight is 1380 g/mol. The third kappa shape index (κ3) is 15.5. The number of methoxy groups -OCH3 is 1. The van der Waals surface area contributed by atoms with E-state index in [2.05, 4.69) is 69.3 Å². The van der Waals surface area contributed by atoms with E-state index in [0.717, 1.165) is 53.7 Å². The zero-order chi connectivity index (χ0) is 66.5. The van der Waals surface area contributed by atoms with E-state index in [1.54, 1.807) is 125 Å². The second kappa shape index (κ2) is 27.2. The summed E-state index contributed by atoms with van der Waals surface area (Å²) in [6, 6.07) is 38.4. The molecule has 2 aliphatic heterocycles. The third-order valence-electron chi connectivity index (χ3n) is 14.9. The number of carbonyl (C=O) groups is 5. The lowest BCUT2D eigenvalue weighted by Gasteiger charge is -2.25. The summed E-state index contributed by atoms with van der Waals surface area (Å²) in [6.07, 6.45) is 10.7. The molecule has 2 aliphatic rings. The molecule has 93 heavy (non-hydrogen) atoms. The van der Waals surface area contributed by atoms with Crippen molar-refractivity contribution in [2.75, 3.05) is 13.7 Å². The highest BCUT2D eigenvalue weighted by atomic mass is 79.9. The Morgan fingerprint density at radius 3 is 1.45 bits per heavy atom. The van der Waals surface area contributed by atoms with Gasteiger partial charge in [0, 0.05) is 106 Å². The molecule has 1 atom stereocenters. The van der Waals surface area contributed by atoms with Crippen LogP contribution < -0.4 is 19.5 Å². The molecule has 1 saturated heterocycles. The Balaban J connectivity index is 0.000000172. The minimum Gasteiger partial charge on any atom is -0.506 e. The molecule has 10 aromatic rings. The summed E-state index contributed by atoms with van der Waals surface area (Å²) in [5.74, 6) is 5.65. The number of pyridine rings is 3. The standard InChI is InChI=1S/C36H33N5O6.C20H20BrN3O2.C15H12BrN3O/c1-35(2,3)34(45)47-29-13-12-28(25-18-37-40(4)19-25)38-31(29)23-8-6-22(7-9-23)14-15-36(17-30(42)39-33(36)44)21-41-20-24-10-11-26(46-5)16-27(24)32(41)43;1-20(2,3)19(25)26-17-10-9-16(14-11-22-24(4)12-14)23-18(17)13-5-7-15(21)8-6-13;1-19-9-11(8-17-19)13-6-7-14(20)15(18-13)10-2-4-12(16)5-3-10/h6-13,16,18-19H,17,20-21H2,1-5H3,(H,39,42,44);5-12H,1-4H3;2-9,20H,1H3/t36-;;/m1../s1. The van der Waals surface area contributed by atoms with Crippen molar-refractivity contribution in [2.45, 2.75) is 54.5 Å². The molecule has 3 amide bonds. The molecule has 0 unspecified atom stereocenters. The van der Waals surface area contributed by atoms with Gasteiger partial charge >= 0.3 is 11.9 Å². The summed E-state index contributed by atoms with van der Waals surface area (Å²) in [5, 5.41) is 24.9. The first-order valence-corrected chi connectivity index (χ1v) is 30.9. The highest BCUT2D eigenvalue weighted by Gasteiger charge is 2.49. The van der Waals surface area contributed by atoms with Gasteiger partial charge in [-0.3, -0.25) is 43.3 Å². The first-order chi connectivity index (χ1) is 44.2. The van der Waals surface area contributed by atoms with Crippen LogP contribution in [0.1, 0.15) is 69.4 Å². The SMILES string of the molecule is COc1ccc2c(c1)C(=O)N(C[C@@]1(C#Cc3ccc(-c4nc(-c5cnn(C)c5)ccc4OC(=O)C(C)(C)C)cc3)CC(=O)NC1=O)C2.Cn1cc(-c2ccc(O)c(-c3ccc(Br)cc3)n2)cn1.Cn1cc(-c2ccc(OC(=O)C(C)(C)C)c(-c3ccc(Br)cc3)n2)cn1. The zero-order valence-electron chi connectivity index (χ0n) is 52.7. The Bertz CT molecular complexity index is 4550. The van der Waals surface area contributed by atoms with E-state index in [4.69, 9.17) is 24.2 Å². The van der Waals surface area contributed by atoms with Crippen LogP contribution in [0.25, 0.3) is 67.5 Å². The summed E-state index contributed by atoms with van der Waals surface area (Å²) in [5.41, 5.74) is 8.08. The van der Waals surface area contributed by atoms with Crippen LogP contribution in [0.3, 0.4) is 0 Å². The van der Waals surface area contributed by atoms with Crippen molar-refractivity contribution in [1.82, 2.24) is 54.5 Å². The maximum absolute atomic E-state index is 13.3. The summed E-state index contributed by atoms with van der Waals surface area (Å²) < 4.78 is 23.8. The van der Waals surface area contributed by atoms with Crippen LogP contribution in [0.15, 0.2) is 174 Å². The van der Waals surface area contributed by atoms with Gasteiger partial charge in [0.15, 0.2) is 11.5 Å². The summed E-state index contributed by atoms with van der Waals surface area (Å²) in [7, 11) is 7.07. The normalized spacial score (nSPS) is 14.2. The van der Waals surface area contributed by atoms with E-state index < -0.39 is 34.0 Å². The molecule has 2 N–H and O–H groups in total. The first kappa shape index (κ1) is 65.6. The number of hydrogen-bond donors (Lipinski definition) is 2. The fourth-order valence-electron chi connectivity index (χ4n) is 9.74. The predicted octanol–water partition coefficient (Wildman–Crippen LogP) is 12.6. The van der Waals surface area contributed by atoms with Gasteiger partial charge in [0.25, 0.3) is 5.91 Å². The van der Waals surface area contributed by atoms with Crippen molar-refractivity contribution in [3.05, 3.63) is 190 Å². The van der Waals surface area contributed by atoms with Crippen molar-refractivity contribution in [3.8, 4) is 102 Å². The molecule has 0 radical (unpaired) electrons. The quantitative estimate of drug-likeness (QED) is 0.0695. The number of imide groups is 1. The maximum atomic E-state index is 13.3. The van der Waals surface area contributed by atoms with E-state index in [1.165, 1.54) is 7.11 Å². The van der Waals surface area contributed by atoms with E-state index >= 15 is 0 Å². The van der Waals surface area contributed by atoms with Crippen LogP contribution in [-0.4, -0.2) is 97.6 Å². The lowest BCUT2D eigenvalue weighted by atomic mass is 9.85. The second-order valence-electron chi connectivity index (χ2n) is 24.3. The molecule has 1 fully saturated rings. The Hall–Kier alpha value is -10.4. The van der Waals surface area contributed by atoms with Crippen LogP contribution in [0, 0.1) is 28.1 Å². The molecule has 4 aromatic carbocycles. The van der Waals surface area contributed by atoms with E-state index in [9.17, 15) is 29.1 Å². The number of esters is 2. The third-order valence-corrected chi connectivity index (χ3v) is 15.9. The second-order valence-corrected chi connectivity index (χ2v) is 26.1. The number of hydrogen-bond acceptors (Lipinski definition) is 15. The average Bonchev–Trinajstić information content (AvgIpc) is 1.69. The molecular formula is C71H65Br2N11O9. The van der Waals surface area contributed by atoms with Crippen LogP contribution in [0.4, 0.5) is 0 Å². The molecule has 472 valence electrons. The molecule has 0 bridgehead atoms. The van der Waals surface area contributed by atoms with Crippen molar-refractivity contribution in [1.29, 1.82) is 0 Å². The molecule has 0 aliphatic carbocycles. The van der Waals surface area contributed by atoms with Crippen LogP contribution >= 0.6 is 31.9 Å². The number of halogens is 2. The van der Waals surface area contributed by atoms with Crippen molar-refractivity contribution >= 4 is 61.5 Å². The molecule has 8 heterocycles. The molecule has 20 nitrogen and oxygen atoms in total. The number of benzene rings is 4. The Morgan fingerprint density at radius 2 is 1.03 bits per heavy atom. The van der Waals surface area contributed by atoms with Gasteiger partial charge < -0.3 is 24.2 Å². The molecule has 0 saturated carbocycles. The zero-order valence-corrected chi connectivity index (χ0v) is 55.8. The number of aromatic nitrogens is 9. The molecule has 12 rings (SSSR count). The van der Waals surface area contributed by atoms with Gasteiger partial charge in [-0.1, -0.05) is 86.2 Å². The minimum atomic E-state index is -1.41. The molecule has 6 aromatic heterocycles. The summed E-state index contributed by atoms with van der Waals surface area (Å²) in [6.45, 7) is 11.1. The Kier molecular flexibility index (Phi) is 19.2. The smallest absolute Gasteiger partial charge is 0.316 e. The highest BCUT2D eigenvalue weighted by molar-refractivity contribution is 9.10. The van der Waals surface area contributed by atoms with Gasteiger partial charge in [-0.05, 0) is 132 Å². The van der Waals surface area contributed by atoms with Gasteiger partial charge in [0.2, 0.25) is 11.8 Å². The fraction of sp³-hybridized carbons (Fsp3) is 0.225. The monoisotopic (exact) mass is 1370 g/mol. The van der Waals surface area contributed by atoms with Gasteiger partial charge in [-0.25, -0.2) is 15.0 Å².